The summed E-state index contributed by atoms with van der Waals surface area (Å²) < 4.78 is 0. The Bertz CT molecular complexity index is 217. The zero-order valence-electron chi connectivity index (χ0n) is 13.3. The summed E-state index contributed by atoms with van der Waals surface area (Å²) in [6.07, 6.45) is 2.40. The average Bonchev–Trinajstić information content (AvgIpc) is 2.37. The van der Waals surface area contributed by atoms with Crippen molar-refractivity contribution in [3.63, 3.8) is 0 Å². The number of hydrogen-bond donors (Lipinski definition) is 2. The molecule has 19 heavy (non-hydrogen) atoms. The fourth-order valence-corrected chi connectivity index (χ4v) is 1.91. The molecule has 116 valence electrons. The highest BCUT2D eigenvalue weighted by atomic mass is 127. The normalized spacial score (nSPS) is 13.1. The van der Waals surface area contributed by atoms with Gasteiger partial charge in [0.15, 0.2) is 5.96 Å². The van der Waals surface area contributed by atoms with Gasteiger partial charge in [0.25, 0.3) is 0 Å². The average molecular weight is 384 g/mol. The second kappa shape index (κ2) is 14.4. The van der Waals surface area contributed by atoms with E-state index in [1.165, 1.54) is 12.8 Å². The minimum Gasteiger partial charge on any atom is -0.357 e. The van der Waals surface area contributed by atoms with Crippen LogP contribution in [0.2, 0.25) is 0 Å². The fraction of sp³-hybridized carbons (Fsp3) is 0.929. The number of nitrogens with one attached hydrogen (secondary N) is 2. The van der Waals surface area contributed by atoms with Gasteiger partial charge in [-0.2, -0.15) is 0 Å². The van der Waals surface area contributed by atoms with E-state index in [-0.39, 0.29) is 24.0 Å². The maximum atomic E-state index is 4.65. The van der Waals surface area contributed by atoms with Gasteiger partial charge in [-0.3, -0.25) is 9.89 Å². The Kier molecular flexibility index (Phi) is 16.1. The van der Waals surface area contributed by atoms with Crippen molar-refractivity contribution in [2.45, 2.75) is 53.5 Å². The van der Waals surface area contributed by atoms with E-state index in [1.807, 2.05) is 0 Å². The van der Waals surface area contributed by atoms with E-state index in [1.54, 1.807) is 0 Å². The zero-order chi connectivity index (χ0) is 13.8. The highest BCUT2D eigenvalue weighted by molar-refractivity contribution is 14.0. The first kappa shape index (κ1) is 21.3. The topological polar surface area (TPSA) is 39.7 Å². The summed E-state index contributed by atoms with van der Waals surface area (Å²) in [5, 5.41) is 6.66. The van der Waals surface area contributed by atoms with Crippen molar-refractivity contribution in [2.75, 3.05) is 32.7 Å². The molecule has 0 aromatic heterocycles. The predicted octanol–water partition coefficient (Wildman–Crippen LogP) is 2.69. The summed E-state index contributed by atoms with van der Waals surface area (Å²) in [4.78, 5) is 7.08. The number of guanidine groups is 1. The number of unbranched alkanes of at least 4 members (excludes halogenated alkanes) is 1. The summed E-state index contributed by atoms with van der Waals surface area (Å²) in [6.45, 7) is 15.9. The van der Waals surface area contributed by atoms with Crippen molar-refractivity contribution in [3.05, 3.63) is 0 Å². The fourth-order valence-electron chi connectivity index (χ4n) is 1.91. The summed E-state index contributed by atoms with van der Waals surface area (Å²) >= 11 is 0. The molecule has 1 unspecified atom stereocenters. The Balaban J connectivity index is 0. The molecule has 4 nitrogen and oxygen atoms in total. The minimum atomic E-state index is 0. The van der Waals surface area contributed by atoms with Crippen LogP contribution in [0.1, 0.15) is 47.5 Å². The molecule has 2 N–H and O–H groups in total. The molecule has 0 aliphatic heterocycles. The minimum absolute atomic E-state index is 0. The van der Waals surface area contributed by atoms with E-state index in [2.05, 4.69) is 55.1 Å². The van der Waals surface area contributed by atoms with Gasteiger partial charge >= 0.3 is 0 Å². The third-order valence-corrected chi connectivity index (χ3v) is 3.12. The van der Waals surface area contributed by atoms with Gasteiger partial charge in [-0.15, -0.1) is 24.0 Å². The van der Waals surface area contributed by atoms with Crippen LogP contribution >= 0.6 is 24.0 Å². The number of hydrogen-bond acceptors (Lipinski definition) is 2. The van der Waals surface area contributed by atoms with Crippen molar-refractivity contribution in [3.8, 4) is 0 Å². The first-order valence-corrected chi connectivity index (χ1v) is 7.45. The molecule has 0 saturated heterocycles. The van der Waals surface area contributed by atoms with Gasteiger partial charge in [0.1, 0.15) is 0 Å². The summed E-state index contributed by atoms with van der Waals surface area (Å²) in [5.41, 5.74) is 0. The molecule has 0 bridgehead atoms. The molecule has 0 fully saturated rings. The van der Waals surface area contributed by atoms with Crippen molar-refractivity contribution in [1.82, 2.24) is 15.5 Å². The van der Waals surface area contributed by atoms with Crippen molar-refractivity contribution >= 4 is 29.9 Å². The summed E-state index contributed by atoms with van der Waals surface area (Å²) in [6, 6.07) is 0.502. The van der Waals surface area contributed by atoms with Crippen molar-refractivity contribution in [1.29, 1.82) is 0 Å². The van der Waals surface area contributed by atoms with E-state index in [4.69, 9.17) is 0 Å². The van der Waals surface area contributed by atoms with Crippen LogP contribution in [0.4, 0.5) is 0 Å². The van der Waals surface area contributed by atoms with Crippen molar-refractivity contribution < 1.29 is 0 Å². The molecule has 0 rings (SSSR count). The maximum Gasteiger partial charge on any atom is 0.191 e. The van der Waals surface area contributed by atoms with Crippen LogP contribution in [-0.2, 0) is 0 Å². The van der Waals surface area contributed by atoms with Crippen LogP contribution in [-0.4, -0.2) is 49.6 Å². The number of halogens is 1. The predicted molar refractivity (Wildman–Crippen MR) is 96.7 cm³/mol. The number of nitrogens with zero attached hydrogens (tertiary/aromatic N) is 2. The molecule has 0 radical (unpaired) electrons. The lowest BCUT2D eigenvalue weighted by molar-refractivity contribution is 0.237. The number of aliphatic imine (C=N–C) groups is 1. The Morgan fingerprint density at radius 3 is 2.21 bits per heavy atom. The molecule has 1 atom stereocenters. The molecular weight excluding hydrogens is 351 g/mol. The zero-order valence-corrected chi connectivity index (χ0v) is 15.7. The van der Waals surface area contributed by atoms with Gasteiger partial charge in [0, 0.05) is 19.1 Å². The van der Waals surface area contributed by atoms with E-state index >= 15 is 0 Å². The summed E-state index contributed by atoms with van der Waals surface area (Å²) in [5.74, 6) is 0.949. The molecule has 0 aromatic rings. The van der Waals surface area contributed by atoms with E-state index in [9.17, 15) is 0 Å². The van der Waals surface area contributed by atoms with E-state index in [0.717, 1.165) is 38.7 Å². The Hall–Kier alpha value is -0.0400. The lowest BCUT2D eigenvalue weighted by atomic mass is 10.3. The SMILES string of the molecule is CCCCNC(=NCC(C)N(CC)CC)NCC.I. The van der Waals surface area contributed by atoms with Crippen LogP contribution in [0.25, 0.3) is 0 Å². The highest BCUT2D eigenvalue weighted by Crippen LogP contribution is 1.98. The van der Waals surface area contributed by atoms with Crippen LogP contribution < -0.4 is 10.6 Å². The van der Waals surface area contributed by atoms with E-state index in [0.29, 0.717) is 6.04 Å². The smallest absolute Gasteiger partial charge is 0.191 e. The molecule has 0 aliphatic carbocycles. The highest BCUT2D eigenvalue weighted by Gasteiger charge is 2.09. The molecular formula is C14H33IN4. The maximum absolute atomic E-state index is 4.65. The molecule has 0 aliphatic rings. The largest absolute Gasteiger partial charge is 0.357 e. The third-order valence-electron chi connectivity index (χ3n) is 3.12. The number of rotatable bonds is 9. The molecule has 5 heteroatoms. The first-order valence-electron chi connectivity index (χ1n) is 7.45. The van der Waals surface area contributed by atoms with Crippen LogP contribution in [0.5, 0.6) is 0 Å². The Morgan fingerprint density at radius 2 is 1.74 bits per heavy atom. The lowest BCUT2D eigenvalue weighted by Gasteiger charge is -2.25. The van der Waals surface area contributed by atoms with Crippen LogP contribution in [0.15, 0.2) is 4.99 Å². The quantitative estimate of drug-likeness (QED) is 0.278. The van der Waals surface area contributed by atoms with Gasteiger partial charge in [-0.25, -0.2) is 0 Å². The summed E-state index contributed by atoms with van der Waals surface area (Å²) in [7, 11) is 0. The Morgan fingerprint density at radius 1 is 1.11 bits per heavy atom. The Labute approximate surface area is 136 Å². The second-order valence-corrected chi connectivity index (χ2v) is 4.57. The van der Waals surface area contributed by atoms with Gasteiger partial charge in [-0.1, -0.05) is 27.2 Å². The van der Waals surface area contributed by atoms with Gasteiger partial charge in [-0.05, 0) is 33.4 Å². The van der Waals surface area contributed by atoms with Crippen molar-refractivity contribution in [2.24, 2.45) is 4.99 Å². The number of likely N-dealkylation sites (N-methyl/N-ethyl adjacent to an activating group) is 1. The van der Waals surface area contributed by atoms with Gasteiger partial charge < -0.3 is 10.6 Å². The van der Waals surface area contributed by atoms with Gasteiger partial charge in [0.05, 0.1) is 6.54 Å². The van der Waals surface area contributed by atoms with Crippen LogP contribution in [0.3, 0.4) is 0 Å². The molecule has 0 spiro atoms. The van der Waals surface area contributed by atoms with Gasteiger partial charge in [0.2, 0.25) is 0 Å². The second-order valence-electron chi connectivity index (χ2n) is 4.57. The van der Waals surface area contributed by atoms with Crippen LogP contribution in [0, 0.1) is 0 Å². The van der Waals surface area contributed by atoms with E-state index < -0.39 is 0 Å². The molecule has 0 amide bonds. The lowest BCUT2D eigenvalue weighted by Crippen LogP contribution is -2.40. The molecule has 0 aromatic carbocycles. The monoisotopic (exact) mass is 384 g/mol. The molecule has 0 heterocycles. The standard InChI is InChI=1S/C14H32N4.HI/c1-6-10-11-16-14(15-7-2)17-12-13(5)18(8-3)9-4;/h13H,6-12H2,1-5H3,(H2,15,16,17);1H. The third kappa shape index (κ3) is 10.4. The molecule has 0 saturated carbocycles. The first-order chi connectivity index (χ1) is 8.69.